The topological polar surface area (TPSA) is 50.2 Å². The molecule has 1 N–H and O–H groups in total. The second-order valence-corrected chi connectivity index (χ2v) is 3.74. The first-order valence-corrected chi connectivity index (χ1v) is 4.45. The van der Waals surface area contributed by atoms with Crippen LogP contribution >= 0.6 is 0 Å². The zero-order valence-electron chi connectivity index (χ0n) is 7.53. The summed E-state index contributed by atoms with van der Waals surface area (Å²) in [6, 6.07) is 1.38. The average molecular weight is 195 g/mol. The van der Waals surface area contributed by atoms with E-state index in [1.807, 2.05) is 0 Å². The Bertz CT molecular complexity index is 374. The minimum atomic E-state index is -0.841. The van der Waals surface area contributed by atoms with Crippen molar-refractivity contribution in [2.24, 2.45) is 0 Å². The summed E-state index contributed by atoms with van der Waals surface area (Å²) < 4.78 is 12.9. The van der Waals surface area contributed by atoms with Gasteiger partial charge in [0.15, 0.2) is 0 Å². The lowest BCUT2D eigenvalue weighted by molar-refractivity contribution is -0.137. The Morgan fingerprint density at radius 1 is 1.57 bits per heavy atom. The van der Waals surface area contributed by atoms with Crippen LogP contribution in [-0.4, -0.2) is 16.1 Å². The van der Waals surface area contributed by atoms with E-state index in [0.29, 0.717) is 5.56 Å². The number of hydrogen-bond acceptors (Lipinski definition) is 2. The first kappa shape index (κ1) is 9.12. The first-order valence-electron chi connectivity index (χ1n) is 4.45. The van der Waals surface area contributed by atoms with Crippen molar-refractivity contribution in [3.8, 4) is 0 Å². The molecule has 0 amide bonds. The lowest BCUT2D eigenvalue weighted by Gasteiger charge is -2.11. The smallest absolute Gasteiger partial charge is 0.304 e. The van der Waals surface area contributed by atoms with Crippen LogP contribution in [0, 0.1) is 5.82 Å². The van der Waals surface area contributed by atoms with Gasteiger partial charge in [-0.2, -0.15) is 0 Å². The van der Waals surface area contributed by atoms with Crippen molar-refractivity contribution in [3.63, 3.8) is 0 Å². The van der Waals surface area contributed by atoms with Crippen molar-refractivity contribution >= 4 is 5.97 Å². The number of carbonyl (C=O) groups is 1. The van der Waals surface area contributed by atoms with E-state index in [1.54, 1.807) is 6.20 Å². The number of hydrogen-bond donors (Lipinski definition) is 1. The molecule has 2 rings (SSSR count). The number of halogens is 1. The maximum Gasteiger partial charge on any atom is 0.304 e. The normalized spacial score (nSPS) is 17.8. The maximum absolute atomic E-state index is 12.9. The van der Waals surface area contributed by atoms with Crippen LogP contribution in [0.1, 0.15) is 24.8 Å². The summed E-state index contributed by atoms with van der Waals surface area (Å²) in [5, 5.41) is 8.71. The minimum absolute atomic E-state index is 0.0676. The van der Waals surface area contributed by atoms with E-state index in [4.69, 9.17) is 5.11 Å². The molecule has 4 heteroatoms. The summed E-state index contributed by atoms with van der Waals surface area (Å²) in [6.45, 7) is 0. The van der Waals surface area contributed by atoms with Crippen LogP contribution in [-0.2, 0) is 10.2 Å². The fourth-order valence-corrected chi connectivity index (χ4v) is 1.71. The second kappa shape index (κ2) is 3.04. The van der Waals surface area contributed by atoms with Gasteiger partial charge in [-0.15, -0.1) is 0 Å². The third kappa shape index (κ3) is 1.60. The molecule has 1 aromatic rings. The predicted octanol–water partition coefficient (Wildman–Crippen LogP) is 1.73. The van der Waals surface area contributed by atoms with E-state index in [2.05, 4.69) is 4.98 Å². The Kier molecular flexibility index (Phi) is 1.98. The molecule has 0 unspecified atom stereocenters. The number of carboxylic acid groups (broad SMARTS) is 1. The summed E-state index contributed by atoms with van der Waals surface area (Å²) in [4.78, 5) is 14.3. The van der Waals surface area contributed by atoms with Gasteiger partial charge in [0.2, 0.25) is 0 Å². The van der Waals surface area contributed by atoms with Crippen molar-refractivity contribution in [2.75, 3.05) is 0 Å². The standard InChI is InChI=1S/C10H10FNO2/c11-8-3-7(5-12-6-8)10(1-2-10)4-9(13)14/h3,5-6H,1-2,4H2,(H,13,14). The van der Waals surface area contributed by atoms with Gasteiger partial charge in [0.25, 0.3) is 0 Å². The molecule has 1 aromatic heterocycles. The molecule has 3 nitrogen and oxygen atoms in total. The molecular formula is C10H10FNO2. The van der Waals surface area contributed by atoms with E-state index in [1.165, 1.54) is 6.07 Å². The maximum atomic E-state index is 12.9. The number of aromatic nitrogens is 1. The van der Waals surface area contributed by atoms with Crippen molar-refractivity contribution in [2.45, 2.75) is 24.7 Å². The number of aliphatic carboxylic acids is 1. The van der Waals surface area contributed by atoms with Crippen LogP contribution in [0.3, 0.4) is 0 Å². The van der Waals surface area contributed by atoms with E-state index in [0.717, 1.165) is 19.0 Å². The molecule has 14 heavy (non-hydrogen) atoms. The molecule has 0 radical (unpaired) electrons. The number of pyridine rings is 1. The van der Waals surface area contributed by atoms with E-state index in [9.17, 15) is 9.18 Å². The van der Waals surface area contributed by atoms with Gasteiger partial charge in [0, 0.05) is 11.6 Å². The van der Waals surface area contributed by atoms with Crippen molar-refractivity contribution in [1.82, 2.24) is 4.98 Å². The largest absolute Gasteiger partial charge is 0.481 e. The summed E-state index contributed by atoms with van der Waals surface area (Å²) in [5.41, 5.74) is 0.362. The quantitative estimate of drug-likeness (QED) is 0.799. The fraction of sp³-hybridized carbons (Fsp3) is 0.400. The molecule has 1 aliphatic carbocycles. The third-order valence-corrected chi connectivity index (χ3v) is 2.66. The fourth-order valence-electron chi connectivity index (χ4n) is 1.71. The van der Waals surface area contributed by atoms with Crippen LogP contribution in [0.2, 0.25) is 0 Å². The van der Waals surface area contributed by atoms with Crippen LogP contribution < -0.4 is 0 Å². The van der Waals surface area contributed by atoms with Gasteiger partial charge in [0.05, 0.1) is 12.6 Å². The summed E-state index contributed by atoms with van der Waals surface area (Å²) in [5.74, 6) is -1.24. The highest BCUT2D eigenvalue weighted by molar-refractivity contribution is 5.70. The molecule has 1 saturated carbocycles. The highest BCUT2D eigenvalue weighted by Crippen LogP contribution is 2.50. The van der Waals surface area contributed by atoms with Crippen molar-refractivity contribution in [3.05, 3.63) is 29.8 Å². The summed E-state index contributed by atoms with van der Waals surface area (Å²) in [6.07, 6.45) is 4.37. The monoisotopic (exact) mass is 195 g/mol. The Balaban J connectivity index is 2.26. The number of carboxylic acids is 1. The number of rotatable bonds is 3. The van der Waals surface area contributed by atoms with Crippen molar-refractivity contribution < 1.29 is 14.3 Å². The minimum Gasteiger partial charge on any atom is -0.481 e. The predicted molar refractivity (Wildman–Crippen MR) is 47.4 cm³/mol. The van der Waals surface area contributed by atoms with Crippen LogP contribution in [0.4, 0.5) is 4.39 Å². The second-order valence-electron chi connectivity index (χ2n) is 3.74. The third-order valence-electron chi connectivity index (χ3n) is 2.66. The van der Waals surface area contributed by atoms with Gasteiger partial charge in [-0.05, 0) is 24.5 Å². The highest BCUT2D eigenvalue weighted by Gasteiger charge is 2.46. The van der Waals surface area contributed by atoms with E-state index in [-0.39, 0.29) is 11.8 Å². The van der Waals surface area contributed by atoms with Gasteiger partial charge in [-0.3, -0.25) is 9.78 Å². The van der Waals surface area contributed by atoms with Crippen LogP contribution in [0.5, 0.6) is 0 Å². The number of nitrogens with zero attached hydrogens (tertiary/aromatic N) is 1. The van der Waals surface area contributed by atoms with Gasteiger partial charge in [-0.1, -0.05) is 0 Å². The molecule has 0 atom stereocenters. The first-order chi connectivity index (χ1) is 6.62. The van der Waals surface area contributed by atoms with Crippen LogP contribution in [0.15, 0.2) is 18.5 Å². The Morgan fingerprint density at radius 2 is 2.29 bits per heavy atom. The molecular weight excluding hydrogens is 185 g/mol. The molecule has 0 aliphatic heterocycles. The van der Waals surface area contributed by atoms with Gasteiger partial charge >= 0.3 is 5.97 Å². The Labute approximate surface area is 80.6 Å². The zero-order valence-corrected chi connectivity index (χ0v) is 7.53. The van der Waals surface area contributed by atoms with Crippen LogP contribution in [0.25, 0.3) is 0 Å². The molecule has 0 spiro atoms. The Hall–Kier alpha value is -1.45. The molecule has 74 valence electrons. The molecule has 0 bridgehead atoms. The lowest BCUT2D eigenvalue weighted by Crippen LogP contribution is -2.13. The molecule has 1 aliphatic rings. The summed E-state index contributed by atoms with van der Waals surface area (Å²) >= 11 is 0. The average Bonchev–Trinajstić information content (AvgIpc) is 2.84. The Morgan fingerprint density at radius 3 is 2.79 bits per heavy atom. The highest BCUT2D eigenvalue weighted by atomic mass is 19.1. The summed E-state index contributed by atoms with van der Waals surface area (Å²) in [7, 11) is 0. The van der Waals surface area contributed by atoms with Gasteiger partial charge < -0.3 is 5.11 Å². The lowest BCUT2D eigenvalue weighted by atomic mass is 9.94. The van der Waals surface area contributed by atoms with E-state index >= 15 is 0 Å². The van der Waals surface area contributed by atoms with E-state index < -0.39 is 11.8 Å². The van der Waals surface area contributed by atoms with Gasteiger partial charge in [0.1, 0.15) is 5.82 Å². The molecule has 0 saturated heterocycles. The zero-order chi connectivity index (χ0) is 10.2. The van der Waals surface area contributed by atoms with Gasteiger partial charge in [-0.25, -0.2) is 4.39 Å². The molecule has 1 heterocycles. The molecule has 0 aromatic carbocycles. The SMILES string of the molecule is O=C(O)CC1(c2cncc(F)c2)CC1. The van der Waals surface area contributed by atoms with Crippen molar-refractivity contribution in [1.29, 1.82) is 0 Å². The molecule has 1 fully saturated rings.